The largest absolute Gasteiger partial charge is 0.342 e. The van der Waals surface area contributed by atoms with Crippen molar-refractivity contribution in [2.24, 2.45) is 5.92 Å². The molecule has 0 aromatic heterocycles. The van der Waals surface area contributed by atoms with Crippen molar-refractivity contribution in [3.05, 3.63) is 35.4 Å². The lowest BCUT2D eigenvalue weighted by molar-refractivity contribution is -0.131. The van der Waals surface area contributed by atoms with Crippen molar-refractivity contribution in [3.8, 4) is 0 Å². The molecule has 0 N–H and O–H groups in total. The van der Waals surface area contributed by atoms with Crippen LogP contribution in [0.4, 0.5) is 0 Å². The van der Waals surface area contributed by atoms with E-state index in [9.17, 15) is 13.2 Å². The molecule has 0 aliphatic carbocycles. The zero-order chi connectivity index (χ0) is 18.6. The Labute approximate surface area is 152 Å². The number of aryl methyl sites for hydroxylation is 2. The van der Waals surface area contributed by atoms with E-state index in [1.807, 2.05) is 0 Å². The van der Waals surface area contributed by atoms with Gasteiger partial charge >= 0.3 is 0 Å². The van der Waals surface area contributed by atoms with Crippen LogP contribution in [0.3, 0.4) is 0 Å². The molecule has 1 amide bonds. The standard InChI is InChI=1S/C20H31NO3S/c1-15(2)25(23,24)17(4)20(22)21-13-11-19(12-14-21)10-9-18-7-5-16(3)6-8-18/h5-8,15,17,19H,9-14H2,1-4H3. The molecule has 0 saturated carbocycles. The summed E-state index contributed by atoms with van der Waals surface area (Å²) in [4.78, 5) is 14.3. The molecule has 1 aliphatic heterocycles. The van der Waals surface area contributed by atoms with E-state index in [4.69, 9.17) is 0 Å². The fourth-order valence-electron chi connectivity index (χ4n) is 3.37. The molecule has 0 bridgehead atoms. The van der Waals surface area contributed by atoms with Gasteiger partial charge in [-0.2, -0.15) is 0 Å². The summed E-state index contributed by atoms with van der Waals surface area (Å²) in [7, 11) is -3.38. The summed E-state index contributed by atoms with van der Waals surface area (Å²) in [6.45, 7) is 8.25. The Balaban J connectivity index is 1.82. The van der Waals surface area contributed by atoms with E-state index in [0.717, 1.165) is 25.7 Å². The van der Waals surface area contributed by atoms with Gasteiger partial charge in [0.15, 0.2) is 9.84 Å². The topological polar surface area (TPSA) is 54.5 Å². The molecule has 1 unspecified atom stereocenters. The number of likely N-dealkylation sites (tertiary alicyclic amines) is 1. The summed E-state index contributed by atoms with van der Waals surface area (Å²) < 4.78 is 24.4. The van der Waals surface area contributed by atoms with E-state index in [1.165, 1.54) is 18.1 Å². The fraction of sp³-hybridized carbons (Fsp3) is 0.650. The molecule has 1 aliphatic rings. The van der Waals surface area contributed by atoms with Gasteiger partial charge in [-0.15, -0.1) is 0 Å². The van der Waals surface area contributed by atoms with Gasteiger partial charge in [0.05, 0.1) is 5.25 Å². The zero-order valence-electron chi connectivity index (χ0n) is 15.9. The summed E-state index contributed by atoms with van der Waals surface area (Å²) >= 11 is 0. The quantitative estimate of drug-likeness (QED) is 0.776. The van der Waals surface area contributed by atoms with Crippen molar-refractivity contribution in [1.29, 1.82) is 0 Å². The molecule has 0 radical (unpaired) electrons. The summed E-state index contributed by atoms with van der Waals surface area (Å²) in [6, 6.07) is 8.67. The molecule has 1 atom stereocenters. The number of hydrogen-bond donors (Lipinski definition) is 0. The van der Waals surface area contributed by atoms with Gasteiger partial charge in [-0.1, -0.05) is 29.8 Å². The van der Waals surface area contributed by atoms with Gasteiger partial charge in [-0.25, -0.2) is 8.42 Å². The summed E-state index contributed by atoms with van der Waals surface area (Å²) in [6.07, 6.45) is 4.13. The van der Waals surface area contributed by atoms with E-state index in [1.54, 1.807) is 18.7 Å². The van der Waals surface area contributed by atoms with Crippen molar-refractivity contribution in [3.63, 3.8) is 0 Å². The Hall–Kier alpha value is -1.36. The second-order valence-electron chi connectivity index (χ2n) is 7.57. The summed E-state index contributed by atoms with van der Waals surface area (Å²) in [5.74, 6) is 0.382. The maximum atomic E-state index is 12.5. The van der Waals surface area contributed by atoms with Crippen LogP contribution in [-0.4, -0.2) is 42.8 Å². The number of nitrogens with zero attached hydrogens (tertiary/aromatic N) is 1. The molecule has 2 rings (SSSR count). The predicted molar refractivity (Wildman–Crippen MR) is 102 cm³/mol. The van der Waals surface area contributed by atoms with Gasteiger partial charge in [0.25, 0.3) is 0 Å². The molecular formula is C20H31NO3S. The molecule has 1 aromatic carbocycles. The van der Waals surface area contributed by atoms with Crippen LogP contribution in [0.1, 0.15) is 51.2 Å². The zero-order valence-corrected chi connectivity index (χ0v) is 16.7. The van der Waals surface area contributed by atoms with Crippen LogP contribution in [0.15, 0.2) is 24.3 Å². The highest BCUT2D eigenvalue weighted by Gasteiger charge is 2.35. The second kappa shape index (κ2) is 8.35. The van der Waals surface area contributed by atoms with Crippen molar-refractivity contribution in [1.82, 2.24) is 4.90 Å². The number of piperidine rings is 1. The number of carbonyl (C=O) groups excluding carboxylic acids is 1. The van der Waals surface area contributed by atoms with Gasteiger partial charge in [-0.05, 0) is 64.9 Å². The minimum atomic E-state index is -3.38. The Morgan fingerprint density at radius 3 is 2.20 bits per heavy atom. The molecule has 5 heteroatoms. The van der Waals surface area contributed by atoms with Gasteiger partial charge in [0.2, 0.25) is 5.91 Å². The lowest BCUT2D eigenvalue weighted by Crippen LogP contribution is -2.46. The van der Waals surface area contributed by atoms with Crippen LogP contribution in [0.25, 0.3) is 0 Å². The Kier molecular flexibility index (Phi) is 6.66. The van der Waals surface area contributed by atoms with Gasteiger partial charge < -0.3 is 4.90 Å². The third kappa shape index (κ3) is 5.06. The third-order valence-electron chi connectivity index (χ3n) is 5.39. The minimum absolute atomic E-state index is 0.231. The number of amides is 1. The van der Waals surface area contributed by atoms with Crippen LogP contribution in [-0.2, 0) is 21.1 Å². The first-order chi connectivity index (χ1) is 11.7. The lowest BCUT2D eigenvalue weighted by Gasteiger charge is -2.33. The Morgan fingerprint density at radius 1 is 1.12 bits per heavy atom. The van der Waals surface area contributed by atoms with Crippen LogP contribution in [0.2, 0.25) is 0 Å². The average Bonchev–Trinajstić information content (AvgIpc) is 2.60. The van der Waals surface area contributed by atoms with Crippen molar-refractivity contribution in [2.45, 2.75) is 63.9 Å². The van der Waals surface area contributed by atoms with Crippen LogP contribution in [0.5, 0.6) is 0 Å². The normalized spacial score (nSPS) is 17.7. The van der Waals surface area contributed by atoms with Crippen molar-refractivity contribution in [2.75, 3.05) is 13.1 Å². The Morgan fingerprint density at radius 2 is 1.68 bits per heavy atom. The summed E-state index contributed by atoms with van der Waals surface area (Å²) in [5.41, 5.74) is 2.64. The molecule has 140 valence electrons. The van der Waals surface area contributed by atoms with Crippen LogP contribution < -0.4 is 0 Å². The van der Waals surface area contributed by atoms with Gasteiger partial charge in [0.1, 0.15) is 5.25 Å². The van der Waals surface area contributed by atoms with E-state index >= 15 is 0 Å². The Bertz CT molecular complexity index is 671. The highest BCUT2D eigenvalue weighted by Crippen LogP contribution is 2.24. The number of rotatable bonds is 6. The molecule has 1 fully saturated rings. The van der Waals surface area contributed by atoms with Gasteiger partial charge in [0, 0.05) is 13.1 Å². The predicted octanol–water partition coefficient (Wildman–Crippen LogP) is 3.38. The molecule has 0 spiro atoms. The number of benzene rings is 1. The first-order valence-electron chi connectivity index (χ1n) is 9.29. The lowest BCUT2D eigenvalue weighted by atomic mass is 9.90. The number of sulfone groups is 1. The highest BCUT2D eigenvalue weighted by molar-refractivity contribution is 7.93. The van der Waals surface area contributed by atoms with Crippen molar-refractivity contribution < 1.29 is 13.2 Å². The summed E-state index contributed by atoms with van der Waals surface area (Å²) in [5, 5.41) is -1.45. The molecule has 1 aromatic rings. The molecule has 1 saturated heterocycles. The number of carbonyl (C=O) groups is 1. The molecule has 1 heterocycles. The molecule has 25 heavy (non-hydrogen) atoms. The first-order valence-corrected chi connectivity index (χ1v) is 10.9. The molecule has 4 nitrogen and oxygen atoms in total. The second-order valence-corrected chi connectivity index (χ2v) is 10.4. The molecular weight excluding hydrogens is 334 g/mol. The monoisotopic (exact) mass is 365 g/mol. The van der Waals surface area contributed by atoms with Crippen molar-refractivity contribution >= 4 is 15.7 Å². The average molecular weight is 366 g/mol. The van der Waals surface area contributed by atoms with E-state index in [-0.39, 0.29) is 5.91 Å². The van der Waals surface area contributed by atoms with Crippen LogP contribution in [0, 0.1) is 12.8 Å². The highest BCUT2D eigenvalue weighted by atomic mass is 32.2. The van der Waals surface area contributed by atoms with Gasteiger partial charge in [-0.3, -0.25) is 4.79 Å². The van der Waals surface area contributed by atoms with E-state index in [2.05, 4.69) is 31.2 Å². The van der Waals surface area contributed by atoms with E-state index < -0.39 is 20.3 Å². The number of hydrogen-bond acceptors (Lipinski definition) is 3. The SMILES string of the molecule is Cc1ccc(CCC2CCN(C(=O)C(C)S(=O)(=O)C(C)C)CC2)cc1. The first kappa shape index (κ1) is 20.0. The van der Waals surface area contributed by atoms with E-state index in [0.29, 0.717) is 19.0 Å². The minimum Gasteiger partial charge on any atom is -0.342 e. The smallest absolute Gasteiger partial charge is 0.240 e. The maximum absolute atomic E-state index is 12.5. The van der Waals surface area contributed by atoms with Crippen LogP contribution >= 0.6 is 0 Å². The fourth-order valence-corrected chi connectivity index (χ4v) is 4.62. The maximum Gasteiger partial charge on any atom is 0.240 e. The third-order valence-corrected chi connectivity index (χ3v) is 7.89.